The second-order valence-corrected chi connectivity index (χ2v) is 10.6. The fourth-order valence-corrected chi connectivity index (χ4v) is 6.04. The summed E-state index contributed by atoms with van der Waals surface area (Å²) in [5.41, 5.74) is 1.74. The molecule has 3 atom stereocenters. The lowest BCUT2D eigenvalue weighted by molar-refractivity contribution is 0.0923. The molecule has 0 unspecified atom stereocenters. The number of carbonyl (C=O) groups is 1. The maximum Gasteiger partial charge on any atom is 0.264 e. The lowest BCUT2D eigenvalue weighted by atomic mass is 9.95. The molecule has 0 saturated heterocycles. The summed E-state index contributed by atoms with van der Waals surface area (Å²) in [6.07, 6.45) is 4.74. The van der Waals surface area contributed by atoms with Gasteiger partial charge >= 0.3 is 0 Å². The number of sulfonamides is 1. The molecular formula is C22H25ClN2O3S. The van der Waals surface area contributed by atoms with E-state index < -0.39 is 10.0 Å². The number of amides is 1. The third kappa shape index (κ3) is 3.88. The Bertz CT molecular complexity index is 1040. The first kappa shape index (κ1) is 20.2. The summed E-state index contributed by atoms with van der Waals surface area (Å²) in [6.45, 7) is 1.83. The summed E-state index contributed by atoms with van der Waals surface area (Å²) in [5.74, 6) is 1.19. The maximum absolute atomic E-state index is 13.0. The van der Waals surface area contributed by atoms with Crippen LogP contribution in [0.25, 0.3) is 0 Å². The lowest BCUT2D eigenvalue weighted by Gasteiger charge is -2.24. The molecule has 29 heavy (non-hydrogen) atoms. The molecule has 0 spiro atoms. The van der Waals surface area contributed by atoms with Gasteiger partial charge in [-0.05, 0) is 80.0 Å². The molecule has 0 heterocycles. The van der Waals surface area contributed by atoms with Crippen LogP contribution in [-0.4, -0.2) is 27.4 Å². The van der Waals surface area contributed by atoms with Crippen LogP contribution in [0.2, 0.25) is 5.02 Å². The van der Waals surface area contributed by atoms with Crippen molar-refractivity contribution in [2.75, 3.05) is 11.4 Å². The van der Waals surface area contributed by atoms with E-state index in [1.165, 1.54) is 42.7 Å². The Hall–Kier alpha value is -2.05. The van der Waals surface area contributed by atoms with Gasteiger partial charge in [0.2, 0.25) is 0 Å². The van der Waals surface area contributed by atoms with Gasteiger partial charge in [-0.15, -0.1) is 0 Å². The Kier molecular flexibility index (Phi) is 5.34. The normalized spacial score (nSPS) is 23.2. The van der Waals surface area contributed by atoms with Gasteiger partial charge < -0.3 is 5.32 Å². The molecule has 0 aliphatic heterocycles. The fourth-order valence-electron chi connectivity index (χ4n) is 4.66. The molecule has 0 radical (unpaired) electrons. The van der Waals surface area contributed by atoms with Crippen LogP contribution in [0.5, 0.6) is 0 Å². The number of hydrogen-bond donors (Lipinski definition) is 1. The number of hydrogen-bond acceptors (Lipinski definition) is 3. The van der Waals surface area contributed by atoms with Gasteiger partial charge in [-0.25, -0.2) is 8.42 Å². The van der Waals surface area contributed by atoms with Gasteiger partial charge in [0.15, 0.2) is 0 Å². The molecule has 4 rings (SSSR count). The van der Waals surface area contributed by atoms with E-state index in [0.29, 0.717) is 22.2 Å². The summed E-state index contributed by atoms with van der Waals surface area (Å²) in [4.78, 5) is 13.0. The highest BCUT2D eigenvalue weighted by Crippen LogP contribution is 2.44. The number of rotatable bonds is 5. The minimum Gasteiger partial charge on any atom is -0.349 e. The first-order valence-electron chi connectivity index (χ1n) is 9.91. The Morgan fingerprint density at radius 2 is 1.83 bits per heavy atom. The van der Waals surface area contributed by atoms with Crippen molar-refractivity contribution < 1.29 is 13.2 Å². The van der Waals surface area contributed by atoms with E-state index in [4.69, 9.17) is 11.6 Å². The van der Waals surface area contributed by atoms with Crippen LogP contribution >= 0.6 is 11.6 Å². The highest BCUT2D eigenvalue weighted by atomic mass is 35.5. The van der Waals surface area contributed by atoms with Crippen molar-refractivity contribution in [3.63, 3.8) is 0 Å². The molecule has 2 bridgehead atoms. The van der Waals surface area contributed by atoms with Crippen molar-refractivity contribution >= 4 is 33.2 Å². The number of benzene rings is 2. The standard InChI is InChI=1S/C22H25ClN2O3S/c1-14-3-5-17(22(26)24-20-12-15-4-6-16(20)11-15)13-21(14)25(2)29(27,28)19-9-7-18(23)8-10-19/h3,5,7-10,13,15-16,20H,4,6,11-12H2,1-2H3,(H,24,26)/t15-,16-,20-/m1/s1. The zero-order chi connectivity index (χ0) is 20.8. The van der Waals surface area contributed by atoms with Crippen LogP contribution in [0.1, 0.15) is 41.6 Å². The summed E-state index contributed by atoms with van der Waals surface area (Å²) in [7, 11) is -2.26. The highest BCUT2D eigenvalue weighted by Gasteiger charge is 2.40. The third-order valence-corrected chi connectivity index (χ3v) is 8.37. The van der Waals surface area contributed by atoms with Crippen LogP contribution in [0.15, 0.2) is 47.4 Å². The molecule has 2 aromatic carbocycles. The molecule has 0 aromatic heterocycles. The monoisotopic (exact) mass is 432 g/mol. The van der Waals surface area contributed by atoms with E-state index in [2.05, 4.69) is 5.32 Å². The van der Waals surface area contributed by atoms with Crippen molar-refractivity contribution in [1.29, 1.82) is 0 Å². The summed E-state index contributed by atoms with van der Waals surface area (Å²) < 4.78 is 27.3. The number of carbonyl (C=O) groups excluding carboxylic acids is 1. The zero-order valence-electron chi connectivity index (χ0n) is 16.6. The molecule has 7 heteroatoms. The summed E-state index contributed by atoms with van der Waals surface area (Å²) >= 11 is 5.88. The smallest absolute Gasteiger partial charge is 0.264 e. The Balaban J connectivity index is 1.57. The Morgan fingerprint density at radius 3 is 2.45 bits per heavy atom. The van der Waals surface area contributed by atoms with Crippen molar-refractivity contribution in [3.05, 3.63) is 58.6 Å². The van der Waals surface area contributed by atoms with Gasteiger partial charge in [-0.2, -0.15) is 0 Å². The average Bonchev–Trinajstić information content (AvgIpc) is 3.31. The highest BCUT2D eigenvalue weighted by molar-refractivity contribution is 7.92. The predicted molar refractivity (Wildman–Crippen MR) is 115 cm³/mol. The largest absolute Gasteiger partial charge is 0.349 e. The summed E-state index contributed by atoms with van der Waals surface area (Å²) in [5, 5.41) is 3.64. The molecular weight excluding hydrogens is 408 g/mol. The number of fused-ring (bicyclic) bond motifs is 2. The van der Waals surface area contributed by atoms with Crippen LogP contribution in [0.3, 0.4) is 0 Å². The van der Waals surface area contributed by atoms with Crippen molar-refractivity contribution in [2.45, 2.75) is 43.5 Å². The van der Waals surface area contributed by atoms with E-state index in [0.717, 1.165) is 17.9 Å². The van der Waals surface area contributed by atoms with Crippen LogP contribution in [0, 0.1) is 18.8 Å². The fraction of sp³-hybridized carbons (Fsp3) is 0.409. The van der Waals surface area contributed by atoms with E-state index in [1.54, 1.807) is 30.3 Å². The van der Waals surface area contributed by atoms with Gasteiger partial charge in [0.25, 0.3) is 15.9 Å². The van der Waals surface area contributed by atoms with Gasteiger partial charge in [0, 0.05) is 23.7 Å². The first-order valence-corrected chi connectivity index (χ1v) is 11.7. The first-order chi connectivity index (χ1) is 13.8. The SMILES string of the molecule is Cc1ccc(C(=O)N[C@@H]2C[C@@H]3CC[C@@H]2C3)cc1N(C)S(=O)(=O)c1ccc(Cl)cc1. The second kappa shape index (κ2) is 7.65. The molecule has 2 saturated carbocycles. The van der Waals surface area contributed by atoms with Crippen molar-refractivity contribution in [3.8, 4) is 0 Å². The van der Waals surface area contributed by atoms with Crippen LogP contribution in [0.4, 0.5) is 5.69 Å². The molecule has 1 N–H and O–H groups in total. The number of halogens is 1. The van der Waals surface area contributed by atoms with Crippen LogP contribution in [-0.2, 0) is 10.0 Å². The van der Waals surface area contributed by atoms with Gasteiger partial charge in [-0.3, -0.25) is 9.10 Å². The van der Waals surface area contributed by atoms with E-state index >= 15 is 0 Å². The van der Waals surface area contributed by atoms with Gasteiger partial charge in [0.1, 0.15) is 0 Å². The average molecular weight is 433 g/mol. The van der Waals surface area contributed by atoms with Crippen LogP contribution < -0.4 is 9.62 Å². The summed E-state index contributed by atoms with van der Waals surface area (Å²) in [6, 6.07) is 11.5. The minimum atomic E-state index is -3.76. The molecule has 2 aromatic rings. The number of aryl methyl sites for hydroxylation is 1. The molecule has 5 nitrogen and oxygen atoms in total. The number of nitrogens with zero attached hydrogens (tertiary/aromatic N) is 1. The molecule has 2 fully saturated rings. The lowest BCUT2D eigenvalue weighted by Crippen LogP contribution is -2.38. The quantitative estimate of drug-likeness (QED) is 0.761. The number of nitrogens with one attached hydrogen (secondary N) is 1. The predicted octanol–water partition coefficient (Wildman–Crippen LogP) is 4.39. The van der Waals surface area contributed by atoms with Crippen molar-refractivity contribution in [1.82, 2.24) is 5.32 Å². The Labute approximate surface area is 177 Å². The zero-order valence-corrected chi connectivity index (χ0v) is 18.1. The van der Waals surface area contributed by atoms with E-state index in [1.807, 2.05) is 6.92 Å². The maximum atomic E-state index is 13.0. The molecule has 154 valence electrons. The molecule has 2 aliphatic carbocycles. The third-order valence-electron chi connectivity index (χ3n) is 6.34. The second-order valence-electron chi connectivity index (χ2n) is 8.18. The topological polar surface area (TPSA) is 66.5 Å². The van der Waals surface area contributed by atoms with Gasteiger partial charge in [0.05, 0.1) is 10.6 Å². The van der Waals surface area contributed by atoms with E-state index in [-0.39, 0.29) is 16.8 Å². The van der Waals surface area contributed by atoms with Crippen molar-refractivity contribution in [2.24, 2.45) is 11.8 Å². The van der Waals surface area contributed by atoms with E-state index in [9.17, 15) is 13.2 Å². The molecule has 2 aliphatic rings. The minimum absolute atomic E-state index is 0.138. The Morgan fingerprint density at radius 1 is 1.10 bits per heavy atom. The number of anilines is 1. The van der Waals surface area contributed by atoms with Gasteiger partial charge in [-0.1, -0.05) is 24.1 Å². The molecule has 1 amide bonds.